The summed E-state index contributed by atoms with van der Waals surface area (Å²) in [7, 11) is 0. The smallest absolute Gasteiger partial charge is 0.309 e. The van der Waals surface area contributed by atoms with E-state index in [4.69, 9.17) is 5.11 Å². The van der Waals surface area contributed by atoms with Gasteiger partial charge < -0.3 is 5.11 Å². The monoisotopic (exact) mass is 209 g/mol. The van der Waals surface area contributed by atoms with E-state index in [1.807, 2.05) is 0 Å². The normalized spacial score (nSPS) is 17.4. The molecule has 1 aromatic rings. The number of pyridine rings is 1. The van der Waals surface area contributed by atoms with Crippen LogP contribution >= 0.6 is 0 Å². The Kier molecular flexibility index (Phi) is 2.42. The van der Waals surface area contributed by atoms with Gasteiger partial charge in [0.25, 0.3) is 0 Å². The van der Waals surface area contributed by atoms with Crippen molar-refractivity contribution in [3.63, 3.8) is 0 Å². The summed E-state index contributed by atoms with van der Waals surface area (Å²) in [5.41, 5.74) is -0.0204. The van der Waals surface area contributed by atoms with Crippen LogP contribution in [0.3, 0.4) is 0 Å². The van der Waals surface area contributed by atoms with Crippen molar-refractivity contribution in [2.45, 2.75) is 25.7 Å². The van der Waals surface area contributed by atoms with E-state index in [-0.39, 0.29) is 5.82 Å². The molecule has 15 heavy (non-hydrogen) atoms. The first-order valence-corrected chi connectivity index (χ1v) is 4.96. The minimum Gasteiger partial charge on any atom is -0.481 e. The van der Waals surface area contributed by atoms with Gasteiger partial charge in [-0.3, -0.25) is 9.78 Å². The molecular formula is C11H12FNO2. The fourth-order valence-corrected chi connectivity index (χ4v) is 1.70. The van der Waals surface area contributed by atoms with E-state index in [2.05, 4.69) is 4.98 Å². The maximum absolute atomic E-state index is 13.2. The second-order valence-corrected chi connectivity index (χ2v) is 4.05. The summed E-state index contributed by atoms with van der Waals surface area (Å²) >= 11 is 0. The fourth-order valence-electron chi connectivity index (χ4n) is 1.70. The van der Waals surface area contributed by atoms with E-state index in [1.165, 1.54) is 6.20 Å². The third kappa shape index (κ3) is 1.98. The van der Waals surface area contributed by atoms with Crippen LogP contribution in [0.25, 0.3) is 0 Å². The van der Waals surface area contributed by atoms with Crippen molar-refractivity contribution in [1.82, 2.24) is 4.98 Å². The zero-order valence-corrected chi connectivity index (χ0v) is 8.24. The minimum atomic E-state index is -0.753. The van der Waals surface area contributed by atoms with Crippen molar-refractivity contribution >= 4 is 5.97 Å². The number of hydrogen-bond donors (Lipinski definition) is 1. The van der Waals surface area contributed by atoms with Crippen LogP contribution in [0.4, 0.5) is 4.39 Å². The number of nitrogens with zero attached hydrogens (tertiary/aromatic N) is 1. The molecule has 1 aromatic heterocycles. The van der Waals surface area contributed by atoms with Crippen molar-refractivity contribution in [2.75, 3.05) is 0 Å². The van der Waals surface area contributed by atoms with Gasteiger partial charge in [-0.25, -0.2) is 4.39 Å². The maximum Gasteiger partial charge on any atom is 0.309 e. The van der Waals surface area contributed by atoms with Crippen molar-refractivity contribution < 1.29 is 14.3 Å². The lowest BCUT2D eigenvalue weighted by Gasteiger charge is -2.09. The SMILES string of the molecule is O=C(O)C1(CCc2ccncc2F)CC1. The van der Waals surface area contributed by atoms with Gasteiger partial charge in [0.2, 0.25) is 0 Å². The van der Waals surface area contributed by atoms with Crippen molar-refractivity contribution in [2.24, 2.45) is 5.41 Å². The van der Waals surface area contributed by atoms with Crippen LogP contribution in [0.15, 0.2) is 18.5 Å². The Hall–Kier alpha value is -1.45. The number of carboxylic acid groups (broad SMARTS) is 1. The van der Waals surface area contributed by atoms with Crippen LogP contribution in [0.1, 0.15) is 24.8 Å². The first-order chi connectivity index (χ1) is 7.14. The lowest BCUT2D eigenvalue weighted by Crippen LogP contribution is -2.15. The largest absolute Gasteiger partial charge is 0.481 e. The number of carbonyl (C=O) groups is 1. The first-order valence-electron chi connectivity index (χ1n) is 4.96. The number of hydrogen-bond acceptors (Lipinski definition) is 2. The minimum absolute atomic E-state index is 0.348. The first kappa shape index (κ1) is 10.1. The van der Waals surface area contributed by atoms with Gasteiger partial charge in [0.05, 0.1) is 11.6 Å². The molecule has 2 rings (SSSR count). The van der Waals surface area contributed by atoms with Gasteiger partial charge in [-0.2, -0.15) is 0 Å². The number of aliphatic carboxylic acids is 1. The Morgan fingerprint density at radius 2 is 2.33 bits per heavy atom. The number of rotatable bonds is 4. The summed E-state index contributed by atoms with van der Waals surface area (Å²) in [6.45, 7) is 0. The molecule has 0 bridgehead atoms. The molecule has 0 aliphatic heterocycles. The Bertz CT molecular complexity index is 388. The Balaban J connectivity index is 2.00. The highest BCUT2D eigenvalue weighted by atomic mass is 19.1. The number of halogens is 1. The standard InChI is InChI=1S/C11H12FNO2/c12-9-7-13-6-2-8(9)1-3-11(4-5-11)10(14)15/h2,6-7H,1,3-5H2,(H,14,15). The van der Waals surface area contributed by atoms with Crippen molar-refractivity contribution in [1.29, 1.82) is 0 Å². The molecular weight excluding hydrogens is 197 g/mol. The van der Waals surface area contributed by atoms with E-state index in [0.29, 0.717) is 18.4 Å². The highest BCUT2D eigenvalue weighted by molar-refractivity contribution is 5.77. The summed E-state index contributed by atoms with van der Waals surface area (Å²) in [6, 6.07) is 1.60. The summed E-state index contributed by atoms with van der Waals surface area (Å²) in [5, 5.41) is 8.94. The van der Waals surface area contributed by atoms with E-state index in [1.54, 1.807) is 6.07 Å². The molecule has 3 nitrogen and oxygen atoms in total. The van der Waals surface area contributed by atoms with Gasteiger partial charge in [0.15, 0.2) is 0 Å². The van der Waals surface area contributed by atoms with Gasteiger partial charge in [-0.1, -0.05) is 0 Å². The van der Waals surface area contributed by atoms with Gasteiger partial charge >= 0.3 is 5.97 Å². The van der Waals surface area contributed by atoms with Crippen molar-refractivity contribution in [3.05, 3.63) is 29.8 Å². The fraction of sp³-hybridized carbons (Fsp3) is 0.455. The molecule has 0 amide bonds. The molecule has 1 heterocycles. The number of carboxylic acids is 1. The third-order valence-corrected chi connectivity index (χ3v) is 3.04. The van der Waals surface area contributed by atoms with E-state index >= 15 is 0 Å². The van der Waals surface area contributed by atoms with Gasteiger partial charge in [0, 0.05) is 6.20 Å². The van der Waals surface area contributed by atoms with Gasteiger partial charge in [-0.05, 0) is 37.3 Å². The Morgan fingerprint density at radius 3 is 2.87 bits per heavy atom. The second kappa shape index (κ2) is 3.61. The van der Waals surface area contributed by atoms with Crippen LogP contribution < -0.4 is 0 Å². The molecule has 80 valence electrons. The second-order valence-electron chi connectivity index (χ2n) is 4.05. The highest BCUT2D eigenvalue weighted by Gasteiger charge is 2.49. The van der Waals surface area contributed by atoms with E-state index in [9.17, 15) is 9.18 Å². The van der Waals surface area contributed by atoms with E-state index in [0.717, 1.165) is 19.0 Å². The van der Waals surface area contributed by atoms with Crippen LogP contribution in [0.2, 0.25) is 0 Å². The molecule has 0 spiro atoms. The molecule has 0 radical (unpaired) electrons. The molecule has 0 aromatic carbocycles. The topological polar surface area (TPSA) is 50.2 Å². The van der Waals surface area contributed by atoms with Gasteiger partial charge in [0.1, 0.15) is 5.82 Å². The molecule has 1 N–H and O–H groups in total. The maximum atomic E-state index is 13.2. The quantitative estimate of drug-likeness (QED) is 0.825. The third-order valence-electron chi connectivity index (χ3n) is 3.04. The average Bonchev–Trinajstić information content (AvgIpc) is 2.98. The lowest BCUT2D eigenvalue weighted by molar-refractivity contribution is -0.143. The molecule has 4 heteroatoms. The summed E-state index contributed by atoms with van der Waals surface area (Å²) in [4.78, 5) is 14.5. The van der Waals surface area contributed by atoms with Crippen LogP contribution in [-0.4, -0.2) is 16.1 Å². The zero-order valence-electron chi connectivity index (χ0n) is 8.24. The molecule has 0 unspecified atom stereocenters. The van der Waals surface area contributed by atoms with E-state index < -0.39 is 11.4 Å². The summed E-state index contributed by atoms with van der Waals surface area (Å²) in [6.07, 6.45) is 5.11. The van der Waals surface area contributed by atoms with Crippen LogP contribution in [-0.2, 0) is 11.2 Å². The van der Waals surface area contributed by atoms with Gasteiger partial charge in [-0.15, -0.1) is 0 Å². The average molecular weight is 209 g/mol. The molecule has 1 aliphatic rings. The summed E-state index contributed by atoms with van der Waals surface area (Å²) < 4.78 is 13.2. The van der Waals surface area contributed by atoms with Crippen LogP contribution in [0.5, 0.6) is 0 Å². The van der Waals surface area contributed by atoms with Crippen LogP contribution in [0, 0.1) is 11.2 Å². The summed E-state index contributed by atoms with van der Waals surface area (Å²) in [5.74, 6) is -1.10. The van der Waals surface area contributed by atoms with Crippen molar-refractivity contribution in [3.8, 4) is 0 Å². The Labute approximate surface area is 87.0 Å². The predicted octanol–water partition coefficient (Wildman–Crippen LogP) is 2.02. The molecule has 0 atom stereocenters. The molecule has 0 saturated heterocycles. The lowest BCUT2D eigenvalue weighted by atomic mass is 9.97. The number of aromatic nitrogens is 1. The Morgan fingerprint density at radius 1 is 1.60 bits per heavy atom. The number of aryl methyl sites for hydroxylation is 1. The molecule has 1 saturated carbocycles. The molecule has 1 aliphatic carbocycles. The highest BCUT2D eigenvalue weighted by Crippen LogP contribution is 2.49. The zero-order chi connectivity index (χ0) is 10.9. The predicted molar refractivity (Wildman–Crippen MR) is 51.8 cm³/mol. The molecule has 1 fully saturated rings.